The fraction of sp³-hybridized carbons (Fsp3) is 0.737. The highest BCUT2D eigenvalue weighted by atomic mass is 32.1. The molecule has 2 heterocycles. The molecular formula is C19H31NO2S. The van der Waals surface area contributed by atoms with E-state index < -0.39 is 0 Å². The number of rotatable bonds is 7. The molecule has 1 aliphatic rings. The van der Waals surface area contributed by atoms with Crippen LogP contribution in [0.1, 0.15) is 69.5 Å². The van der Waals surface area contributed by atoms with Gasteiger partial charge in [-0.15, -0.1) is 11.3 Å². The van der Waals surface area contributed by atoms with Gasteiger partial charge in [0.25, 0.3) is 5.91 Å². The molecule has 0 radical (unpaired) electrons. The largest absolute Gasteiger partial charge is 0.376 e. The van der Waals surface area contributed by atoms with Crippen LogP contribution in [0.25, 0.3) is 0 Å². The maximum Gasteiger partial charge on any atom is 0.261 e. The Morgan fingerprint density at radius 1 is 1.39 bits per heavy atom. The third-order valence-corrected chi connectivity index (χ3v) is 5.73. The number of hydrogen-bond donors (Lipinski definition) is 1. The summed E-state index contributed by atoms with van der Waals surface area (Å²) in [5, 5.41) is 5.05. The summed E-state index contributed by atoms with van der Waals surface area (Å²) in [7, 11) is 0. The first-order valence-corrected chi connectivity index (χ1v) is 9.66. The summed E-state index contributed by atoms with van der Waals surface area (Å²) in [6, 6.07) is 3.80. The molecule has 0 spiro atoms. The second-order valence-corrected chi connectivity index (χ2v) is 8.90. The van der Waals surface area contributed by atoms with Gasteiger partial charge in [-0.05, 0) is 62.3 Å². The first-order chi connectivity index (χ1) is 10.8. The van der Waals surface area contributed by atoms with Gasteiger partial charge in [0.2, 0.25) is 0 Å². The molecule has 1 atom stereocenters. The Balaban J connectivity index is 1.93. The second kappa shape index (κ2) is 7.80. The zero-order chi connectivity index (χ0) is 16.9. The lowest BCUT2D eigenvalue weighted by atomic mass is 9.68. The van der Waals surface area contributed by atoms with Crippen molar-refractivity contribution in [1.82, 2.24) is 5.32 Å². The number of nitrogens with one attached hydrogen (secondary N) is 1. The minimum Gasteiger partial charge on any atom is -0.376 e. The summed E-state index contributed by atoms with van der Waals surface area (Å²) in [6.07, 6.45) is 5.71. The summed E-state index contributed by atoms with van der Waals surface area (Å²) in [6.45, 7) is 10.6. The molecule has 1 fully saturated rings. The van der Waals surface area contributed by atoms with Crippen LogP contribution in [0.5, 0.6) is 0 Å². The van der Waals surface area contributed by atoms with Crippen LogP contribution < -0.4 is 5.32 Å². The van der Waals surface area contributed by atoms with Crippen molar-refractivity contribution >= 4 is 17.2 Å². The van der Waals surface area contributed by atoms with E-state index in [-0.39, 0.29) is 11.5 Å². The van der Waals surface area contributed by atoms with Gasteiger partial charge in [-0.25, -0.2) is 0 Å². The molecule has 1 aromatic heterocycles. The summed E-state index contributed by atoms with van der Waals surface area (Å²) >= 11 is 1.50. The quantitative estimate of drug-likeness (QED) is 0.770. The molecular weight excluding hydrogens is 306 g/mol. The van der Waals surface area contributed by atoms with Gasteiger partial charge in [-0.1, -0.05) is 26.3 Å². The summed E-state index contributed by atoms with van der Waals surface area (Å²) < 4.78 is 5.93. The molecule has 3 nitrogen and oxygen atoms in total. The van der Waals surface area contributed by atoms with Crippen molar-refractivity contribution in [3.63, 3.8) is 0 Å². The van der Waals surface area contributed by atoms with E-state index in [2.05, 4.69) is 33.0 Å². The smallest absolute Gasteiger partial charge is 0.261 e. The fourth-order valence-electron chi connectivity index (χ4n) is 3.67. The first kappa shape index (κ1) is 18.5. The topological polar surface area (TPSA) is 38.3 Å². The van der Waals surface area contributed by atoms with Crippen molar-refractivity contribution < 1.29 is 9.53 Å². The highest BCUT2D eigenvalue weighted by Gasteiger charge is 2.40. The van der Waals surface area contributed by atoms with Gasteiger partial charge in [0.1, 0.15) is 0 Å². The lowest BCUT2D eigenvalue weighted by Crippen LogP contribution is -2.43. The summed E-state index contributed by atoms with van der Waals surface area (Å²) in [4.78, 5) is 12.9. The Kier molecular flexibility index (Phi) is 6.26. The Bertz CT molecular complexity index is 495. The van der Waals surface area contributed by atoms with Crippen LogP contribution in [0, 0.1) is 11.3 Å². The van der Waals surface area contributed by atoms with E-state index in [4.69, 9.17) is 4.74 Å². The molecule has 4 heteroatoms. The van der Waals surface area contributed by atoms with Crippen LogP contribution >= 0.6 is 11.3 Å². The molecule has 0 saturated carbocycles. The van der Waals surface area contributed by atoms with Crippen LogP contribution in [-0.4, -0.2) is 24.7 Å². The molecule has 1 aromatic rings. The van der Waals surface area contributed by atoms with E-state index in [1.807, 2.05) is 17.5 Å². The number of carbonyl (C=O) groups excluding carboxylic acids is 1. The van der Waals surface area contributed by atoms with Crippen LogP contribution in [0.3, 0.4) is 0 Å². The average Bonchev–Trinajstić information content (AvgIpc) is 2.98. The highest BCUT2D eigenvalue weighted by molar-refractivity contribution is 7.12. The van der Waals surface area contributed by atoms with E-state index in [1.54, 1.807) is 0 Å². The van der Waals surface area contributed by atoms with Crippen molar-refractivity contribution in [2.75, 3.05) is 13.2 Å². The van der Waals surface area contributed by atoms with Gasteiger partial charge in [0.05, 0.1) is 10.5 Å². The van der Waals surface area contributed by atoms with E-state index >= 15 is 0 Å². The second-order valence-electron chi connectivity index (χ2n) is 7.95. The highest BCUT2D eigenvalue weighted by Crippen LogP contribution is 2.45. The third kappa shape index (κ3) is 5.61. The molecule has 0 aliphatic carbocycles. The average molecular weight is 338 g/mol. The summed E-state index contributed by atoms with van der Waals surface area (Å²) in [5.74, 6) is 0.781. The Hall–Kier alpha value is -0.870. The molecule has 0 unspecified atom stereocenters. The maximum atomic E-state index is 12.1. The number of amides is 1. The number of carbonyl (C=O) groups is 1. The van der Waals surface area contributed by atoms with Gasteiger partial charge in [-0.2, -0.15) is 0 Å². The first-order valence-electron chi connectivity index (χ1n) is 8.78. The van der Waals surface area contributed by atoms with Crippen LogP contribution in [0.4, 0.5) is 0 Å². The molecule has 1 N–H and O–H groups in total. The molecule has 1 amide bonds. The Morgan fingerprint density at radius 2 is 2.17 bits per heavy atom. The molecule has 23 heavy (non-hydrogen) atoms. The predicted molar refractivity (Wildman–Crippen MR) is 97.0 cm³/mol. The van der Waals surface area contributed by atoms with Gasteiger partial charge < -0.3 is 10.1 Å². The third-order valence-electron chi connectivity index (χ3n) is 4.86. The molecule has 0 aromatic carbocycles. The van der Waals surface area contributed by atoms with Gasteiger partial charge >= 0.3 is 0 Å². The van der Waals surface area contributed by atoms with Crippen molar-refractivity contribution in [3.05, 3.63) is 22.4 Å². The number of ether oxygens (including phenoxy) is 1. The maximum absolute atomic E-state index is 12.1. The van der Waals surface area contributed by atoms with Crippen molar-refractivity contribution in [2.45, 2.75) is 65.4 Å². The van der Waals surface area contributed by atoms with E-state index in [9.17, 15) is 4.79 Å². The zero-order valence-corrected chi connectivity index (χ0v) is 15.8. The molecule has 1 saturated heterocycles. The molecule has 0 bridgehead atoms. The lowest BCUT2D eigenvalue weighted by molar-refractivity contribution is -0.110. The Morgan fingerprint density at radius 3 is 2.78 bits per heavy atom. The predicted octanol–water partition coefficient (Wildman–Crippen LogP) is 4.88. The zero-order valence-electron chi connectivity index (χ0n) is 15.0. The van der Waals surface area contributed by atoms with Gasteiger partial charge in [0, 0.05) is 13.2 Å². The van der Waals surface area contributed by atoms with E-state index in [0.29, 0.717) is 5.41 Å². The van der Waals surface area contributed by atoms with Crippen LogP contribution in [-0.2, 0) is 4.74 Å². The standard InChI is InChI=1S/C19H31NO2S/c1-15(2)7-8-19(10-12-22-18(3,4)14-19)9-11-20-17(21)16-6-5-13-23-16/h5-6,13,15H,7-12,14H2,1-4H3,(H,20,21)/t19-/m0/s1. The van der Waals surface area contributed by atoms with Crippen molar-refractivity contribution in [1.29, 1.82) is 0 Å². The van der Waals surface area contributed by atoms with Crippen LogP contribution in [0.2, 0.25) is 0 Å². The number of hydrogen-bond acceptors (Lipinski definition) is 3. The van der Waals surface area contributed by atoms with E-state index in [1.165, 1.54) is 24.2 Å². The van der Waals surface area contributed by atoms with Crippen molar-refractivity contribution in [2.24, 2.45) is 11.3 Å². The van der Waals surface area contributed by atoms with Crippen LogP contribution in [0.15, 0.2) is 17.5 Å². The van der Waals surface area contributed by atoms with E-state index in [0.717, 1.165) is 43.2 Å². The molecule has 1 aliphatic heterocycles. The SMILES string of the molecule is CC(C)CC[C@]1(CCNC(=O)c2cccs2)CCOC(C)(C)C1. The molecule has 130 valence electrons. The minimum atomic E-state index is -0.0486. The van der Waals surface area contributed by atoms with Crippen molar-refractivity contribution in [3.8, 4) is 0 Å². The minimum absolute atomic E-state index is 0.0486. The number of thiophene rings is 1. The van der Waals surface area contributed by atoms with Gasteiger partial charge in [-0.3, -0.25) is 4.79 Å². The normalized spacial score (nSPS) is 23.9. The van der Waals surface area contributed by atoms with Gasteiger partial charge in [0.15, 0.2) is 0 Å². The molecule has 2 rings (SSSR count). The lowest BCUT2D eigenvalue weighted by Gasteiger charge is -2.45. The monoisotopic (exact) mass is 337 g/mol. The fourth-order valence-corrected chi connectivity index (χ4v) is 4.31. The summed E-state index contributed by atoms with van der Waals surface area (Å²) in [5.41, 5.74) is 0.252. The Labute approximate surface area is 144 Å².